The molecule has 0 spiro atoms. The molecule has 2 aliphatic rings. The smallest absolute Gasteiger partial charge is 0.189 e. The van der Waals surface area contributed by atoms with Crippen molar-refractivity contribution in [3.63, 3.8) is 0 Å². The second kappa shape index (κ2) is 5.89. The third-order valence-electron chi connectivity index (χ3n) is 4.79. The van der Waals surface area contributed by atoms with Gasteiger partial charge in [0.2, 0.25) is 0 Å². The molecule has 3 rings (SSSR count). The number of hydrogen-bond donors (Lipinski definition) is 1. The van der Waals surface area contributed by atoms with E-state index in [0.717, 1.165) is 0 Å². The van der Waals surface area contributed by atoms with Crippen molar-refractivity contribution in [2.45, 2.75) is 5.92 Å². The molecule has 1 aliphatic heterocycles. The molecule has 0 saturated heterocycles. The zero-order chi connectivity index (χ0) is 17.3. The zero-order valence-corrected chi connectivity index (χ0v) is 12.7. The van der Waals surface area contributed by atoms with E-state index in [2.05, 4.69) is 0 Å². The van der Waals surface area contributed by atoms with Gasteiger partial charge in [0.05, 0.1) is 37.1 Å². The first kappa shape index (κ1) is 15.9. The van der Waals surface area contributed by atoms with E-state index in [1.54, 1.807) is 6.08 Å². The van der Waals surface area contributed by atoms with E-state index in [0.29, 0.717) is 17.7 Å². The maximum atomic E-state index is 13.3. The number of fused-ring (bicyclic) bond motifs is 1. The summed E-state index contributed by atoms with van der Waals surface area (Å²) in [6.07, 6.45) is 1.76. The maximum Gasteiger partial charge on any atom is 0.189 e. The lowest BCUT2D eigenvalue weighted by Crippen LogP contribution is -2.50. The number of benzene rings is 1. The molecule has 1 fully saturated rings. The fourth-order valence-electron chi connectivity index (χ4n) is 3.66. The van der Waals surface area contributed by atoms with Crippen molar-refractivity contribution in [3.05, 3.63) is 47.3 Å². The van der Waals surface area contributed by atoms with Crippen molar-refractivity contribution in [1.82, 2.24) is 0 Å². The van der Waals surface area contributed by atoms with E-state index in [9.17, 15) is 20.2 Å². The van der Waals surface area contributed by atoms with Crippen LogP contribution >= 0.6 is 0 Å². The summed E-state index contributed by atoms with van der Waals surface area (Å²) < 4.78 is 18.8. The van der Waals surface area contributed by atoms with Crippen LogP contribution in [0.5, 0.6) is 0 Å². The molecule has 1 heterocycles. The van der Waals surface area contributed by atoms with Gasteiger partial charge in [-0.25, -0.2) is 4.39 Å². The number of nitrogens with zero attached hydrogens (tertiary/aromatic N) is 3. The number of halogens is 1. The van der Waals surface area contributed by atoms with Gasteiger partial charge in [0, 0.05) is 11.8 Å². The van der Waals surface area contributed by atoms with Crippen molar-refractivity contribution in [2.75, 3.05) is 13.2 Å². The van der Waals surface area contributed by atoms with Gasteiger partial charge in [-0.15, -0.1) is 0 Å². The van der Waals surface area contributed by atoms with Gasteiger partial charge in [0.25, 0.3) is 0 Å². The van der Waals surface area contributed by atoms with Gasteiger partial charge in [-0.3, -0.25) is 0 Å². The van der Waals surface area contributed by atoms with Crippen molar-refractivity contribution < 1.29 is 9.13 Å². The first-order valence-electron chi connectivity index (χ1n) is 7.43. The predicted molar refractivity (Wildman–Crippen MR) is 82.0 cm³/mol. The van der Waals surface area contributed by atoms with Crippen LogP contribution in [0.2, 0.25) is 0 Å². The van der Waals surface area contributed by atoms with Crippen LogP contribution in [-0.2, 0) is 4.74 Å². The lowest BCUT2D eigenvalue weighted by Gasteiger charge is -2.45. The molecule has 6 heteroatoms. The molecule has 1 N–H and O–H groups in total. The molecule has 1 aliphatic carbocycles. The number of rotatable bonds is 1. The van der Waals surface area contributed by atoms with Crippen LogP contribution in [0.4, 0.5) is 4.39 Å². The van der Waals surface area contributed by atoms with E-state index >= 15 is 0 Å². The van der Waals surface area contributed by atoms with Crippen LogP contribution < -0.4 is 0 Å². The van der Waals surface area contributed by atoms with Gasteiger partial charge in [0.1, 0.15) is 11.7 Å². The number of ether oxygens (including phenoxy) is 1. The Morgan fingerprint density at radius 3 is 2.42 bits per heavy atom. The normalized spacial score (nSPS) is 27.8. The molecule has 24 heavy (non-hydrogen) atoms. The molecule has 1 aromatic rings. The van der Waals surface area contributed by atoms with E-state index in [1.165, 1.54) is 24.3 Å². The van der Waals surface area contributed by atoms with Crippen molar-refractivity contribution in [2.24, 2.45) is 17.3 Å². The van der Waals surface area contributed by atoms with E-state index in [4.69, 9.17) is 10.1 Å². The highest BCUT2D eigenvalue weighted by Crippen LogP contribution is 2.53. The van der Waals surface area contributed by atoms with Crippen LogP contribution in [-0.4, -0.2) is 18.9 Å². The lowest BCUT2D eigenvalue weighted by atomic mass is 9.55. The topological polar surface area (TPSA) is 104 Å². The number of hydrogen-bond acceptors (Lipinski definition) is 5. The Morgan fingerprint density at radius 2 is 1.83 bits per heavy atom. The summed E-state index contributed by atoms with van der Waals surface area (Å²) in [4.78, 5) is 0. The molecule has 1 saturated carbocycles. The molecule has 3 atom stereocenters. The number of nitrogens with one attached hydrogen (secondary N) is 1. The molecule has 1 aromatic carbocycles. The predicted octanol–water partition coefficient (Wildman–Crippen LogP) is 2.69. The molecular weight excluding hydrogens is 307 g/mol. The summed E-state index contributed by atoms with van der Waals surface area (Å²) in [6.45, 7) is 0.587. The third-order valence-corrected chi connectivity index (χ3v) is 4.79. The fraction of sp³-hybridized carbons (Fsp3) is 0.333. The highest BCUT2D eigenvalue weighted by molar-refractivity contribution is 6.00. The van der Waals surface area contributed by atoms with Crippen LogP contribution in [0, 0.1) is 62.5 Å². The highest BCUT2D eigenvalue weighted by atomic mass is 19.1. The van der Waals surface area contributed by atoms with Crippen molar-refractivity contribution >= 4 is 5.71 Å². The minimum atomic E-state index is -1.78. The molecule has 5 nitrogen and oxygen atoms in total. The van der Waals surface area contributed by atoms with E-state index in [1.807, 2.05) is 18.2 Å². The Bertz CT molecular complexity index is 824. The van der Waals surface area contributed by atoms with Gasteiger partial charge in [-0.05, 0) is 23.3 Å². The van der Waals surface area contributed by atoms with E-state index in [-0.39, 0.29) is 18.2 Å². The summed E-state index contributed by atoms with van der Waals surface area (Å²) >= 11 is 0. The summed E-state index contributed by atoms with van der Waals surface area (Å²) in [5.74, 6) is -2.39. The lowest BCUT2D eigenvalue weighted by molar-refractivity contribution is 0.0950. The van der Waals surface area contributed by atoms with Gasteiger partial charge in [-0.2, -0.15) is 15.8 Å². The summed E-state index contributed by atoms with van der Waals surface area (Å²) in [5.41, 5.74) is -0.694. The average molecular weight is 320 g/mol. The second-order valence-corrected chi connectivity index (χ2v) is 5.88. The van der Waals surface area contributed by atoms with Crippen LogP contribution in [0.3, 0.4) is 0 Å². The quantitative estimate of drug-likeness (QED) is 0.803. The number of nitriles is 3. The Kier molecular flexibility index (Phi) is 3.89. The maximum absolute atomic E-state index is 13.3. The Morgan fingerprint density at radius 1 is 1.17 bits per heavy atom. The standard InChI is InChI=1S/C18H13FN4O/c19-12-3-1-11(2-4-12)16-15-8-24-6-5-13(15)14(7-20)17(23)18(16,9-21)10-22/h1-5,14-16,23H,6,8H2/t14-,15+,16-/m1/s1. The Balaban J connectivity index is 2.24. The monoisotopic (exact) mass is 320 g/mol. The van der Waals surface area contributed by atoms with E-state index < -0.39 is 23.1 Å². The molecule has 0 aromatic heterocycles. The SMILES string of the molecule is N#C[C@H]1C(=N)C(C#N)(C#N)[C@H](c2ccc(F)cc2)[C@H]2COCC=C12. The Labute approximate surface area is 138 Å². The minimum Gasteiger partial charge on any atom is -0.377 e. The van der Waals surface area contributed by atoms with Gasteiger partial charge < -0.3 is 10.1 Å². The molecule has 0 radical (unpaired) electrons. The van der Waals surface area contributed by atoms with Gasteiger partial charge in [-0.1, -0.05) is 18.2 Å². The summed E-state index contributed by atoms with van der Waals surface area (Å²) in [5, 5.41) is 37.3. The highest BCUT2D eigenvalue weighted by Gasteiger charge is 2.57. The molecule has 118 valence electrons. The van der Waals surface area contributed by atoms with Crippen LogP contribution in [0.15, 0.2) is 35.9 Å². The minimum absolute atomic E-state index is 0.214. The third kappa shape index (κ3) is 2.11. The van der Waals surface area contributed by atoms with Crippen molar-refractivity contribution in [3.8, 4) is 18.2 Å². The molecular formula is C18H13FN4O. The summed E-state index contributed by atoms with van der Waals surface area (Å²) in [7, 11) is 0. The fourth-order valence-corrected chi connectivity index (χ4v) is 3.66. The van der Waals surface area contributed by atoms with Gasteiger partial charge >= 0.3 is 0 Å². The first-order valence-corrected chi connectivity index (χ1v) is 7.43. The molecule has 0 amide bonds. The average Bonchev–Trinajstić information content (AvgIpc) is 2.62. The van der Waals surface area contributed by atoms with Gasteiger partial charge in [0.15, 0.2) is 5.41 Å². The van der Waals surface area contributed by atoms with Crippen LogP contribution in [0.1, 0.15) is 11.5 Å². The zero-order valence-electron chi connectivity index (χ0n) is 12.7. The largest absolute Gasteiger partial charge is 0.377 e. The summed E-state index contributed by atoms with van der Waals surface area (Å²) in [6, 6.07) is 11.6. The van der Waals surface area contributed by atoms with Crippen LogP contribution in [0.25, 0.3) is 0 Å². The Hall–Kier alpha value is -3.01. The molecule has 0 bridgehead atoms. The second-order valence-electron chi connectivity index (χ2n) is 5.88. The first-order chi connectivity index (χ1) is 11.6. The molecule has 0 unspecified atom stereocenters. The van der Waals surface area contributed by atoms with Crippen molar-refractivity contribution in [1.29, 1.82) is 21.2 Å².